The Balaban J connectivity index is 1.99. The van der Waals surface area contributed by atoms with Gasteiger partial charge >= 0.3 is 0 Å². The van der Waals surface area contributed by atoms with Crippen LogP contribution in [-0.4, -0.2) is 39.9 Å². The first kappa shape index (κ1) is 19.3. The molecule has 0 aliphatic carbocycles. The van der Waals surface area contributed by atoms with Crippen molar-refractivity contribution < 1.29 is 14.3 Å². The van der Waals surface area contributed by atoms with Crippen LogP contribution in [0.25, 0.3) is 11.3 Å². The van der Waals surface area contributed by atoms with Crippen LogP contribution < -0.4 is 14.8 Å². The zero-order valence-corrected chi connectivity index (χ0v) is 16.8. The number of pyridine rings is 2. The second kappa shape index (κ2) is 7.67. The van der Waals surface area contributed by atoms with Crippen molar-refractivity contribution in [2.24, 2.45) is 7.05 Å². The summed E-state index contributed by atoms with van der Waals surface area (Å²) in [7, 11) is 4.90. The number of nitrogens with one attached hydrogen (secondary N) is 1. The normalized spacial score (nSPS) is 10.6. The molecule has 0 saturated heterocycles. The molecule has 0 spiro atoms. The highest BCUT2D eigenvalue weighted by atomic mass is 16.5. The topological polar surface area (TPSA) is 91.2 Å². The number of anilines is 1. The monoisotopic (exact) mass is 381 g/mol. The van der Waals surface area contributed by atoms with Crippen LogP contribution in [0.3, 0.4) is 0 Å². The summed E-state index contributed by atoms with van der Waals surface area (Å²) < 4.78 is 12.3. The van der Waals surface area contributed by atoms with Crippen molar-refractivity contribution in [2.75, 3.05) is 19.5 Å². The Hall–Kier alpha value is -3.42. The zero-order chi connectivity index (χ0) is 20.4. The first-order valence-electron chi connectivity index (χ1n) is 8.72. The van der Waals surface area contributed by atoms with Gasteiger partial charge in [0, 0.05) is 30.6 Å². The third-order valence-electron chi connectivity index (χ3n) is 4.52. The lowest BCUT2D eigenvalue weighted by Crippen LogP contribution is -2.15. The lowest BCUT2D eigenvalue weighted by Gasteiger charge is -2.11. The van der Waals surface area contributed by atoms with Crippen molar-refractivity contribution in [3.8, 4) is 22.9 Å². The minimum atomic E-state index is -0.298. The molecule has 146 valence electrons. The van der Waals surface area contributed by atoms with Gasteiger partial charge in [0.2, 0.25) is 5.88 Å². The molecule has 0 radical (unpaired) electrons. The van der Waals surface area contributed by atoms with Gasteiger partial charge in [0.05, 0.1) is 37.4 Å². The molecule has 28 heavy (non-hydrogen) atoms. The van der Waals surface area contributed by atoms with Crippen molar-refractivity contribution in [2.45, 2.75) is 20.8 Å². The highest BCUT2D eigenvalue weighted by molar-refractivity contribution is 6.05. The largest absolute Gasteiger partial charge is 0.496 e. The standard InChI is InChI=1S/C20H23N5O3/c1-11-7-12(2)21-10-15(11)23-20(26)18-13(3)19(25(4)24-18)14-9-22-17(28-6)8-16(14)27-5/h7-10H,1-6H3,(H,23,26). The number of hydrogen-bond acceptors (Lipinski definition) is 6. The molecule has 8 nitrogen and oxygen atoms in total. The molecule has 0 atom stereocenters. The Kier molecular flexibility index (Phi) is 5.30. The van der Waals surface area contributed by atoms with Gasteiger partial charge in [0.15, 0.2) is 5.69 Å². The fourth-order valence-electron chi connectivity index (χ4n) is 3.11. The summed E-state index contributed by atoms with van der Waals surface area (Å²) in [4.78, 5) is 21.3. The molecule has 0 unspecified atom stereocenters. The zero-order valence-electron chi connectivity index (χ0n) is 16.8. The lowest BCUT2D eigenvalue weighted by molar-refractivity contribution is 0.102. The molecule has 0 aromatic carbocycles. The van der Waals surface area contributed by atoms with Crippen LogP contribution in [0, 0.1) is 20.8 Å². The number of amides is 1. The Morgan fingerprint density at radius 1 is 1.07 bits per heavy atom. The SMILES string of the molecule is COc1cc(OC)c(-c2c(C)c(C(=O)Nc3cnc(C)cc3C)nn2C)cn1. The maximum absolute atomic E-state index is 12.8. The van der Waals surface area contributed by atoms with Crippen LogP contribution in [0.2, 0.25) is 0 Å². The second-order valence-electron chi connectivity index (χ2n) is 6.47. The van der Waals surface area contributed by atoms with Crippen molar-refractivity contribution in [3.05, 3.63) is 47.0 Å². The Morgan fingerprint density at radius 2 is 1.82 bits per heavy atom. The molecule has 1 N–H and O–H groups in total. The van der Waals surface area contributed by atoms with E-state index in [-0.39, 0.29) is 5.91 Å². The smallest absolute Gasteiger partial charge is 0.276 e. The fraction of sp³-hybridized carbons (Fsp3) is 0.300. The van der Waals surface area contributed by atoms with E-state index in [1.165, 1.54) is 0 Å². The number of rotatable bonds is 5. The van der Waals surface area contributed by atoms with Gasteiger partial charge in [0.25, 0.3) is 5.91 Å². The Morgan fingerprint density at radius 3 is 2.46 bits per heavy atom. The predicted octanol–water partition coefficient (Wildman–Crippen LogP) is 3.07. The van der Waals surface area contributed by atoms with Crippen LogP contribution in [0.5, 0.6) is 11.6 Å². The molecule has 0 bridgehead atoms. The first-order chi connectivity index (χ1) is 13.3. The van der Waals surface area contributed by atoms with E-state index in [4.69, 9.17) is 9.47 Å². The lowest BCUT2D eigenvalue weighted by atomic mass is 10.1. The average Bonchev–Trinajstić information content (AvgIpc) is 2.97. The summed E-state index contributed by atoms with van der Waals surface area (Å²) >= 11 is 0. The van der Waals surface area contributed by atoms with Crippen LogP contribution >= 0.6 is 0 Å². The molecule has 3 heterocycles. The molecule has 0 aliphatic rings. The molecule has 8 heteroatoms. The molecule has 3 rings (SSSR count). The van der Waals surface area contributed by atoms with Crippen molar-refractivity contribution in [3.63, 3.8) is 0 Å². The quantitative estimate of drug-likeness (QED) is 0.730. The Labute approximate surface area is 163 Å². The van der Waals surface area contributed by atoms with Gasteiger partial charge in [-0.15, -0.1) is 0 Å². The molecule has 3 aromatic heterocycles. The first-order valence-corrected chi connectivity index (χ1v) is 8.72. The number of ether oxygens (including phenoxy) is 2. The molecule has 1 amide bonds. The summed E-state index contributed by atoms with van der Waals surface area (Å²) in [6, 6.07) is 3.61. The maximum Gasteiger partial charge on any atom is 0.276 e. The maximum atomic E-state index is 12.8. The summed E-state index contributed by atoms with van der Waals surface area (Å²) in [5.74, 6) is 0.734. The summed E-state index contributed by atoms with van der Waals surface area (Å²) in [6.07, 6.45) is 3.30. The van der Waals surface area contributed by atoms with Gasteiger partial charge < -0.3 is 14.8 Å². The third kappa shape index (κ3) is 3.53. The van der Waals surface area contributed by atoms with Gasteiger partial charge in [0.1, 0.15) is 5.75 Å². The minimum Gasteiger partial charge on any atom is -0.496 e. The number of nitrogens with zero attached hydrogens (tertiary/aromatic N) is 4. The average molecular weight is 381 g/mol. The molecular weight excluding hydrogens is 358 g/mol. The van der Waals surface area contributed by atoms with Crippen LogP contribution in [0.15, 0.2) is 24.5 Å². The van der Waals surface area contributed by atoms with E-state index < -0.39 is 0 Å². The summed E-state index contributed by atoms with van der Waals surface area (Å²) in [5.41, 5.74) is 5.02. The number of carbonyl (C=O) groups is 1. The number of methoxy groups -OCH3 is 2. The molecule has 0 saturated carbocycles. The fourth-order valence-corrected chi connectivity index (χ4v) is 3.11. The van der Waals surface area contributed by atoms with Gasteiger partial charge in [-0.05, 0) is 32.4 Å². The number of aryl methyl sites for hydroxylation is 3. The third-order valence-corrected chi connectivity index (χ3v) is 4.52. The van der Waals surface area contributed by atoms with E-state index in [9.17, 15) is 4.79 Å². The number of carbonyl (C=O) groups excluding carboxylic acids is 1. The van der Waals surface area contributed by atoms with Crippen molar-refractivity contribution in [1.29, 1.82) is 0 Å². The van der Waals surface area contributed by atoms with Gasteiger partial charge in [-0.3, -0.25) is 14.5 Å². The minimum absolute atomic E-state index is 0.298. The molecule has 0 fully saturated rings. The van der Waals surface area contributed by atoms with Crippen LogP contribution in [-0.2, 0) is 7.05 Å². The second-order valence-corrected chi connectivity index (χ2v) is 6.47. The van der Waals surface area contributed by atoms with Crippen molar-refractivity contribution >= 4 is 11.6 Å². The summed E-state index contributed by atoms with van der Waals surface area (Å²) in [6.45, 7) is 5.68. The van der Waals surface area contributed by atoms with Gasteiger partial charge in [-0.1, -0.05) is 0 Å². The van der Waals surface area contributed by atoms with Crippen LogP contribution in [0.1, 0.15) is 27.3 Å². The van der Waals surface area contributed by atoms with E-state index in [2.05, 4.69) is 20.4 Å². The van der Waals surface area contributed by atoms with Gasteiger partial charge in [-0.2, -0.15) is 5.10 Å². The van der Waals surface area contributed by atoms with Crippen molar-refractivity contribution in [1.82, 2.24) is 19.7 Å². The van der Waals surface area contributed by atoms with E-state index in [1.807, 2.05) is 26.8 Å². The molecular formula is C20H23N5O3. The molecule has 3 aromatic rings. The van der Waals surface area contributed by atoms with E-state index in [0.717, 1.165) is 28.1 Å². The van der Waals surface area contributed by atoms with E-state index >= 15 is 0 Å². The Bertz CT molecular complexity index is 1040. The number of aromatic nitrogens is 4. The highest BCUT2D eigenvalue weighted by Gasteiger charge is 2.23. The van der Waals surface area contributed by atoms with Crippen LogP contribution in [0.4, 0.5) is 5.69 Å². The number of hydrogen-bond donors (Lipinski definition) is 1. The highest BCUT2D eigenvalue weighted by Crippen LogP contribution is 2.34. The predicted molar refractivity (Wildman–Crippen MR) is 106 cm³/mol. The van der Waals surface area contributed by atoms with E-state index in [1.54, 1.807) is 44.4 Å². The summed E-state index contributed by atoms with van der Waals surface area (Å²) in [5, 5.41) is 7.31. The van der Waals surface area contributed by atoms with Gasteiger partial charge in [-0.25, -0.2) is 4.98 Å². The molecule has 0 aliphatic heterocycles. The van der Waals surface area contributed by atoms with E-state index in [0.29, 0.717) is 23.0 Å².